The molecule has 5 heteroatoms. The lowest BCUT2D eigenvalue weighted by Crippen LogP contribution is -1.86. The summed E-state index contributed by atoms with van der Waals surface area (Å²) in [7, 11) is 0. The normalized spacial score (nSPS) is 10.5. The first kappa shape index (κ1) is 12.3. The second kappa shape index (κ2) is 5.13. The molecule has 4 aromatic rings. The Balaban J connectivity index is 0.000000121. The standard InChI is InChI=1S/C8H8N2.C7H7N3/c1-7-3-6-10-5-2-4-9-8(7)10;1-6-5-9-10-4-2-3-8-7(6)10/h2-6H,1H3;2-5H,1H3. The van der Waals surface area contributed by atoms with Crippen LogP contribution in [-0.4, -0.2) is 24.0 Å². The van der Waals surface area contributed by atoms with Gasteiger partial charge >= 0.3 is 0 Å². The second-order valence-electron chi connectivity index (χ2n) is 4.56. The summed E-state index contributed by atoms with van der Waals surface area (Å²) < 4.78 is 3.77. The largest absolute Gasteiger partial charge is 0.308 e. The van der Waals surface area contributed by atoms with Gasteiger partial charge in [0.25, 0.3) is 0 Å². The maximum atomic E-state index is 4.20. The van der Waals surface area contributed by atoms with E-state index in [9.17, 15) is 0 Å². The van der Waals surface area contributed by atoms with Crippen molar-refractivity contribution in [1.82, 2.24) is 24.0 Å². The molecule has 0 unspecified atom stereocenters. The summed E-state index contributed by atoms with van der Waals surface area (Å²) in [6, 6.07) is 5.84. The highest BCUT2D eigenvalue weighted by atomic mass is 15.2. The Bertz CT molecular complexity index is 771. The van der Waals surface area contributed by atoms with E-state index in [0.717, 1.165) is 16.9 Å². The van der Waals surface area contributed by atoms with Gasteiger partial charge in [0.05, 0.1) is 6.20 Å². The highest BCUT2D eigenvalue weighted by Crippen LogP contribution is 2.06. The predicted molar refractivity (Wildman–Crippen MR) is 77.7 cm³/mol. The molecule has 100 valence electrons. The summed E-state index contributed by atoms with van der Waals surface area (Å²) in [5.41, 5.74) is 4.31. The van der Waals surface area contributed by atoms with E-state index in [2.05, 4.69) is 28.1 Å². The average Bonchev–Trinajstić information content (AvgIpc) is 3.05. The first-order valence-corrected chi connectivity index (χ1v) is 6.39. The van der Waals surface area contributed by atoms with Gasteiger partial charge in [0.2, 0.25) is 0 Å². The molecule has 0 bridgehead atoms. The molecule has 0 aliphatic heterocycles. The Kier molecular flexibility index (Phi) is 3.16. The lowest BCUT2D eigenvalue weighted by molar-refractivity contribution is 0.939. The third kappa shape index (κ3) is 2.25. The maximum Gasteiger partial charge on any atom is 0.157 e. The van der Waals surface area contributed by atoms with Crippen LogP contribution in [0.5, 0.6) is 0 Å². The number of aromatic nitrogens is 5. The third-order valence-corrected chi connectivity index (χ3v) is 3.07. The zero-order valence-electron chi connectivity index (χ0n) is 11.4. The van der Waals surface area contributed by atoms with Crippen molar-refractivity contribution in [3.05, 3.63) is 66.5 Å². The number of fused-ring (bicyclic) bond motifs is 2. The van der Waals surface area contributed by atoms with Crippen LogP contribution in [0.25, 0.3) is 11.3 Å². The highest BCUT2D eigenvalue weighted by molar-refractivity contribution is 5.47. The Morgan fingerprint density at radius 3 is 2.35 bits per heavy atom. The third-order valence-electron chi connectivity index (χ3n) is 3.07. The van der Waals surface area contributed by atoms with E-state index < -0.39 is 0 Å². The van der Waals surface area contributed by atoms with Crippen molar-refractivity contribution in [2.45, 2.75) is 13.8 Å². The van der Waals surface area contributed by atoms with E-state index in [1.165, 1.54) is 5.56 Å². The number of hydrogen-bond donors (Lipinski definition) is 0. The van der Waals surface area contributed by atoms with Crippen LogP contribution in [0.15, 0.2) is 55.4 Å². The van der Waals surface area contributed by atoms with Crippen LogP contribution in [0.3, 0.4) is 0 Å². The zero-order valence-corrected chi connectivity index (χ0v) is 11.4. The lowest BCUT2D eigenvalue weighted by Gasteiger charge is -1.90. The minimum atomic E-state index is 0.933. The molecule has 0 spiro atoms. The molecule has 0 aromatic carbocycles. The summed E-state index contributed by atoms with van der Waals surface area (Å²) in [5.74, 6) is 0. The summed E-state index contributed by atoms with van der Waals surface area (Å²) >= 11 is 0. The van der Waals surface area contributed by atoms with Gasteiger partial charge in [0.15, 0.2) is 5.65 Å². The van der Waals surface area contributed by atoms with Crippen LogP contribution in [-0.2, 0) is 0 Å². The fourth-order valence-corrected chi connectivity index (χ4v) is 2.02. The monoisotopic (exact) mass is 265 g/mol. The smallest absolute Gasteiger partial charge is 0.157 e. The molecule has 0 aliphatic rings. The van der Waals surface area contributed by atoms with Crippen LogP contribution in [0.4, 0.5) is 0 Å². The minimum Gasteiger partial charge on any atom is -0.308 e. The van der Waals surface area contributed by atoms with Crippen molar-refractivity contribution in [2.24, 2.45) is 0 Å². The summed E-state index contributed by atoms with van der Waals surface area (Å²) in [4.78, 5) is 8.34. The second-order valence-corrected chi connectivity index (χ2v) is 4.56. The SMILES string of the molecule is Cc1ccn2cccnc12.Cc1cnn2cccnc12. The fourth-order valence-electron chi connectivity index (χ4n) is 2.02. The predicted octanol–water partition coefficient (Wildman–Crippen LogP) is 2.68. The van der Waals surface area contributed by atoms with Crippen molar-refractivity contribution in [1.29, 1.82) is 0 Å². The number of aryl methyl sites for hydroxylation is 2. The van der Waals surface area contributed by atoms with Gasteiger partial charge in [0.1, 0.15) is 5.65 Å². The topological polar surface area (TPSA) is 47.5 Å². The summed E-state index contributed by atoms with van der Waals surface area (Å²) in [5, 5.41) is 4.07. The van der Waals surface area contributed by atoms with Gasteiger partial charge in [-0.05, 0) is 37.6 Å². The highest BCUT2D eigenvalue weighted by Gasteiger charge is 1.96. The summed E-state index contributed by atoms with van der Waals surface area (Å²) in [6.07, 6.45) is 11.3. The van der Waals surface area contributed by atoms with Crippen molar-refractivity contribution >= 4 is 11.3 Å². The molecular weight excluding hydrogens is 250 g/mol. The quantitative estimate of drug-likeness (QED) is 0.491. The van der Waals surface area contributed by atoms with Crippen molar-refractivity contribution < 1.29 is 0 Å². The minimum absolute atomic E-state index is 0.933. The van der Waals surface area contributed by atoms with Crippen molar-refractivity contribution in [3.8, 4) is 0 Å². The molecule has 4 rings (SSSR count). The van der Waals surface area contributed by atoms with Gasteiger partial charge < -0.3 is 4.40 Å². The first-order chi connectivity index (χ1) is 9.75. The molecule has 20 heavy (non-hydrogen) atoms. The van der Waals surface area contributed by atoms with Gasteiger partial charge in [-0.3, -0.25) is 0 Å². The molecule has 0 fully saturated rings. The number of hydrogen-bond acceptors (Lipinski definition) is 3. The van der Waals surface area contributed by atoms with Crippen molar-refractivity contribution in [2.75, 3.05) is 0 Å². The Morgan fingerprint density at radius 1 is 0.850 bits per heavy atom. The zero-order chi connectivity index (χ0) is 13.9. The van der Waals surface area contributed by atoms with Gasteiger partial charge in [-0.1, -0.05) is 0 Å². The number of nitrogens with zero attached hydrogens (tertiary/aromatic N) is 5. The van der Waals surface area contributed by atoms with Gasteiger partial charge in [-0.15, -0.1) is 0 Å². The van der Waals surface area contributed by atoms with E-state index in [1.807, 2.05) is 54.4 Å². The molecule has 0 saturated heterocycles. The van der Waals surface area contributed by atoms with Crippen LogP contribution in [0.2, 0.25) is 0 Å². The van der Waals surface area contributed by atoms with Gasteiger partial charge in [-0.25, -0.2) is 14.5 Å². The molecule has 0 N–H and O–H groups in total. The average molecular weight is 265 g/mol. The first-order valence-electron chi connectivity index (χ1n) is 6.39. The molecule has 0 saturated carbocycles. The van der Waals surface area contributed by atoms with E-state index in [1.54, 1.807) is 10.7 Å². The van der Waals surface area contributed by atoms with Crippen LogP contribution in [0, 0.1) is 13.8 Å². The van der Waals surface area contributed by atoms with Crippen LogP contribution < -0.4 is 0 Å². The molecule has 0 aliphatic carbocycles. The van der Waals surface area contributed by atoms with Gasteiger partial charge in [-0.2, -0.15) is 5.10 Å². The molecule has 0 amide bonds. The Hall–Kier alpha value is -2.69. The van der Waals surface area contributed by atoms with Crippen LogP contribution in [0.1, 0.15) is 11.1 Å². The van der Waals surface area contributed by atoms with E-state index in [-0.39, 0.29) is 0 Å². The molecule has 0 radical (unpaired) electrons. The van der Waals surface area contributed by atoms with Crippen molar-refractivity contribution in [3.63, 3.8) is 0 Å². The Morgan fingerprint density at radius 2 is 1.60 bits per heavy atom. The van der Waals surface area contributed by atoms with Gasteiger partial charge in [0, 0.05) is 36.5 Å². The molecule has 0 atom stereocenters. The summed E-state index contributed by atoms with van der Waals surface area (Å²) in [6.45, 7) is 4.05. The fraction of sp³-hybridized carbons (Fsp3) is 0.133. The van der Waals surface area contributed by atoms with E-state index in [4.69, 9.17) is 0 Å². The molecular formula is C15H15N5. The number of rotatable bonds is 0. The van der Waals surface area contributed by atoms with E-state index in [0.29, 0.717) is 0 Å². The lowest BCUT2D eigenvalue weighted by atomic mass is 10.4. The molecule has 4 aromatic heterocycles. The molecule has 4 heterocycles. The Labute approximate surface area is 116 Å². The molecule has 5 nitrogen and oxygen atoms in total. The van der Waals surface area contributed by atoms with Crippen LogP contribution >= 0.6 is 0 Å². The van der Waals surface area contributed by atoms with E-state index >= 15 is 0 Å². The maximum absolute atomic E-state index is 4.20.